The molecular weight excluding hydrogens is 460 g/mol. The fraction of sp³-hybridized carbons (Fsp3) is 0.407. The molecule has 2 aromatic carbocycles. The van der Waals surface area contributed by atoms with Crippen LogP contribution >= 0.6 is 11.6 Å². The van der Waals surface area contributed by atoms with Gasteiger partial charge in [-0.25, -0.2) is 4.68 Å². The largest absolute Gasteiger partial charge is 0.322 e. The molecule has 0 aliphatic rings. The molecule has 0 aliphatic carbocycles. The van der Waals surface area contributed by atoms with Gasteiger partial charge in [-0.15, -0.1) is 5.10 Å². The number of aryl methyl sites for hydroxylation is 1. The van der Waals surface area contributed by atoms with Gasteiger partial charge in [0.1, 0.15) is 0 Å². The number of pyridine rings is 1. The highest BCUT2D eigenvalue weighted by atomic mass is 35.5. The van der Waals surface area contributed by atoms with E-state index in [9.17, 15) is 4.79 Å². The Labute approximate surface area is 211 Å². The third-order valence-corrected chi connectivity index (χ3v) is 6.57. The Balaban J connectivity index is 1.83. The highest BCUT2D eigenvalue weighted by Gasteiger charge is 2.33. The Morgan fingerprint density at radius 1 is 1.06 bits per heavy atom. The van der Waals surface area contributed by atoms with Crippen LogP contribution in [0.2, 0.25) is 5.02 Å². The molecule has 7 nitrogen and oxygen atoms in total. The van der Waals surface area contributed by atoms with Crippen LogP contribution in [0.25, 0.3) is 10.9 Å². The van der Waals surface area contributed by atoms with Gasteiger partial charge in [0.25, 0.3) is 5.56 Å². The summed E-state index contributed by atoms with van der Waals surface area (Å²) >= 11 is 6.57. The van der Waals surface area contributed by atoms with Gasteiger partial charge in [0, 0.05) is 29.2 Å². The number of rotatable bonds is 7. The molecule has 0 amide bonds. The average molecular weight is 493 g/mol. The Kier molecular flexibility index (Phi) is 7.10. The van der Waals surface area contributed by atoms with Gasteiger partial charge in [0.2, 0.25) is 0 Å². The molecule has 4 rings (SSSR count). The van der Waals surface area contributed by atoms with Crippen molar-refractivity contribution in [3.63, 3.8) is 0 Å². The number of hydrogen-bond donors (Lipinski definition) is 1. The lowest BCUT2D eigenvalue weighted by atomic mass is 9.98. The minimum Gasteiger partial charge on any atom is -0.322 e. The standard InChI is InChI=1S/C27H33ClN6O/c1-17(2)24(25-30-31-32-34(25)27(4,5)6)33(15-19-9-7-8-10-22(19)28)16-21-14-20-13-18(3)11-12-23(20)29-26(21)35/h7-14,17,24H,15-16H2,1-6H3,(H,29,35). The van der Waals surface area contributed by atoms with Crippen LogP contribution in [0.15, 0.2) is 53.3 Å². The van der Waals surface area contributed by atoms with E-state index in [2.05, 4.69) is 73.0 Å². The van der Waals surface area contributed by atoms with Gasteiger partial charge in [-0.2, -0.15) is 0 Å². The third-order valence-electron chi connectivity index (χ3n) is 6.20. The molecule has 184 valence electrons. The minimum absolute atomic E-state index is 0.0940. The van der Waals surface area contributed by atoms with E-state index in [1.165, 1.54) is 0 Å². The second kappa shape index (κ2) is 9.91. The second-order valence-corrected chi connectivity index (χ2v) is 10.9. The number of H-pyrrole nitrogens is 1. The van der Waals surface area contributed by atoms with Gasteiger partial charge in [-0.3, -0.25) is 9.69 Å². The van der Waals surface area contributed by atoms with Gasteiger partial charge in [0.15, 0.2) is 5.82 Å². The number of halogens is 1. The van der Waals surface area contributed by atoms with Crippen molar-refractivity contribution < 1.29 is 0 Å². The Bertz CT molecular complexity index is 1380. The molecule has 2 heterocycles. The number of fused-ring (bicyclic) bond motifs is 1. The van der Waals surface area contributed by atoms with Crippen LogP contribution in [0.5, 0.6) is 0 Å². The normalized spacial score (nSPS) is 13.2. The zero-order chi connectivity index (χ0) is 25.3. The first kappa shape index (κ1) is 25.1. The summed E-state index contributed by atoms with van der Waals surface area (Å²) < 4.78 is 1.88. The van der Waals surface area contributed by atoms with Crippen molar-refractivity contribution in [3.8, 4) is 0 Å². The molecule has 2 aromatic heterocycles. The van der Waals surface area contributed by atoms with E-state index in [-0.39, 0.29) is 23.1 Å². The fourth-order valence-electron chi connectivity index (χ4n) is 4.54. The first-order valence-electron chi connectivity index (χ1n) is 11.9. The molecule has 35 heavy (non-hydrogen) atoms. The Hall–Kier alpha value is -3.03. The number of nitrogens with one attached hydrogen (secondary N) is 1. The monoisotopic (exact) mass is 492 g/mol. The molecule has 1 N–H and O–H groups in total. The number of tetrazole rings is 1. The molecule has 0 radical (unpaired) electrons. The van der Waals surface area contributed by atoms with Crippen LogP contribution in [-0.4, -0.2) is 30.1 Å². The van der Waals surface area contributed by atoms with Gasteiger partial charge in [-0.05, 0) is 79.3 Å². The van der Waals surface area contributed by atoms with Crippen LogP contribution in [0.3, 0.4) is 0 Å². The summed E-state index contributed by atoms with van der Waals surface area (Å²) in [6, 6.07) is 15.7. The molecule has 8 heteroatoms. The topological polar surface area (TPSA) is 79.7 Å². The van der Waals surface area contributed by atoms with E-state index < -0.39 is 0 Å². The Morgan fingerprint density at radius 2 is 1.77 bits per heavy atom. The summed E-state index contributed by atoms with van der Waals surface area (Å²) in [5.74, 6) is 0.944. The zero-order valence-electron chi connectivity index (χ0n) is 21.2. The van der Waals surface area contributed by atoms with Gasteiger partial charge < -0.3 is 4.98 Å². The number of benzene rings is 2. The maximum Gasteiger partial charge on any atom is 0.252 e. The number of hydrogen-bond acceptors (Lipinski definition) is 5. The lowest BCUT2D eigenvalue weighted by molar-refractivity contribution is 0.120. The third kappa shape index (κ3) is 5.46. The molecule has 0 aliphatic heterocycles. The molecule has 0 saturated carbocycles. The predicted molar refractivity (Wildman–Crippen MR) is 140 cm³/mol. The number of nitrogens with zero attached hydrogens (tertiary/aromatic N) is 5. The smallest absolute Gasteiger partial charge is 0.252 e. The van der Waals surface area contributed by atoms with Crippen LogP contribution in [0.4, 0.5) is 0 Å². The highest BCUT2D eigenvalue weighted by molar-refractivity contribution is 6.31. The summed E-state index contributed by atoms with van der Waals surface area (Å²) in [6.45, 7) is 13.6. The molecule has 4 aromatic rings. The van der Waals surface area contributed by atoms with Crippen molar-refractivity contribution in [2.24, 2.45) is 5.92 Å². The van der Waals surface area contributed by atoms with Crippen LogP contribution in [-0.2, 0) is 18.6 Å². The maximum atomic E-state index is 13.1. The number of aromatic nitrogens is 5. The van der Waals surface area contributed by atoms with E-state index >= 15 is 0 Å². The first-order valence-corrected chi connectivity index (χ1v) is 12.3. The molecule has 0 fully saturated rings. The van der Waals surface area contributed by atoms with Crippen molar-refractivity contribution in [2.75, 3.05) is 0 Å². The van der Waals surface area contributed by atoms with Crippen LogP contribution < -0.4 is 5.56 Å². The fourth-order valence-corrected chi connectivity index (χ4v) is 4.74. The van der Waals surface area contributed by atoms with Crippen molar-refractivity contribution in [2.45, 2.75) is 66.2 Å². The summed E-state index contributed by atoms with van der Waals surface area (Å²) in [6.07, 6.45) is 0. The van der Waals surface area contributed by atoms with Crippen molar-refractivity contribution in [1.29, 1.82) is 0 Å². The van der Waals surface area contributed by atoms with Crippen molar-refractivity contribution in [1.82, 2.24) is 30.1 Å². The molecule has 0 bridgehead atoms. The molecule has 0 spiro atoms. The summed E-state index contributed by atoms with van der Waals surface area (Å²) in [5, 5.41) is 14.5. The summed E-state index contributed by atoms with van der Waals surface area (Å²) in [5.41, 5.74) is 3.27. The second-order valence-electron chi connectivity index (χ2n) is 10.5. The predicted octanol–water partition coefficient (Wildman–Crippen LogP) is 5.63. The quantitative estimate of drug-likeness (QED) is 0.361. The van der Waals surface area contributed by atoms with Crippen LogP contribution in [0.1, 0.15) is 63.2 Å². The maximum absolute atomic E-state index is 13.1. The van der Waals surface area contributed by atoms with E-state index in [1.54, 1.807) is 0 Å². The summed E-state index contributed by atoms with van der Waals surface area (Å²) in [4.78, 5) is 18.4. The molecular formula is C27H33ClN6O. The van der Waals surface area contributed by atoms with E-state index in [1.807, 2.05) is 47.1 Å². The molecule has 1 unspecified atom stereocenters. The average Bonchev–Trinajstić information content (AvgIpc) is 3.26. The van der Waals surface area contributed by atoms with E-state index in [4.69, 9.17) is 11.6 Å². The van der Waals surface area contributed by atoms with Crippen molar-refractivity contribution >= 4 is 22.5 Å². The lowest BCUT2D eigenvalue weighted by Crippen LogP contribution is -2.37. The Morgan fingerprint density at radius 3 is 2.46 bits per heavy atom. The summed E-state index contributed by atoms with van der Waals surface area (Å²) in [7, 11) is 0. The number of aromatic amines is 1. The highest BCUT2D eigenvalue weighted by Crippen LogP contribution is 2.33. The SMILES string of the molecule is Cc1ccc2[nH]c(=O)c(CN(Cc3ccccc3Cl)C(c3nnnn3C(C)(C)C)C(C)C)cc2c1. The van der Waals surface area contributed by atoms with Gasteiger partial charge >= 0.3 is 0 Å². The molecule has 1 atom stereocenters. The zero-order valence-corrected chi connectivity index (χ0v) is 22.0. The lowest BCUT2D eigenvalue weighted by Gasteiger charge is -2.35. The van der Waals surface area contributed by atoms with E-state index in [0.29, 0.717) is 23.7 Å². The van der Waals surface area contributed by atoms with Gasteiger partial charge in [0.05, 0.1) is 11.6 Å². The van der Waals surface area contributed by atoms with Crippen LogP contribution in [0, 0.1) is 12.8 Å². The first-order chi connectivity index (χ1) is 16.5. The van der Waals surface area contributed by atoms with E-state index in [0.717, 1.165) is 27.9 Å². The molecule has 0 saturated heterocycles. The van der Waals surface area contributed by atoms with Crippen molar-refractivity contribution in [3.05, 3.63) is 86.4 Å². The minimum atomic E-state index is -0.292. The van der Waals surface area contributed by atoms with Gasteiger partial charge in [-0.1, -0.05) is 55.3 Å².